The van der Waals surface area contributed by atoms with Gasteiger partial charge >= 0.3 is 0 Å². The summed E-state index contributed by atoms with van der Waals surface area (Å²) in [5.41, 5.74) is 7.72. The number of rotatable bonds is 6. The van der Waals surface area contributed by atoms with Crippen molar-refractivity contribution in [1.82, 2.24) is 10.1 Å². The minimum absolute atomic E-state index is 0.706. The van der Waals surface area contributed by atoms with Gasteiger partial charge in [0.05, 0.1) is 0 Å². The van der Waals surface area contributed by atoms with E-state index in [1.807, 2.05) is 0 Å². The highest BCUT2D eigenvalue weighted by molar-refractivity contribution is 7.08. The van der Waals surface area contributed by atoms with E-state index in [1.165, 1.54) is 5.56 Å². The molecule has 0 spiro atoms. The maximum atomic E-state index is 5.44. The Morgan fingerprint density at radius 3 is 2.88 bits per heavy atom. The molecule has 0 saturated carbocycles. The number of unbranched alkanes of at least 4 members (excludes halogenated alkanes) is 2. The van der Waals surface area contributed by atoms with E-state index in [2.05, 4.69) is 27.8 Å². The molecular formula is C12H17N3OS. The lowest BCUT2D eigenvalue weighted by Crippen LogP contribution is -1.98. The highest BCUT2D eigenvalue weighted by atomic mass is 32.1. The summed E-state index contributed by atoms with van der Waals surface area (Å²) in [6.07, 6.45) is 4.08. The van der Waals surface area contributed by atoms with E-state index in [1.54, 1.807) is 11.3 Å². The first-order valence-electron chi connectivity index (χ1n) is 5.87. The zero-order chi connectivity index (χ0) is 12.1. The summed E-state index contributed by atoms with van der Waals surface area (Å²) in [6.45, 7) is 2.81. The third-order valence-electron chi connectivity index (χ3n) is 2.66. The molecule has 0 aliphatic carbocycles. The fraction of sp³-hybridized carbons (Fsp3) is 0.500. The SMILES string of the molecule is Cc1cscc1-c1noc(CCCCCN)n1. The molecule has 0 bridgehead atoms. The Morgan fingerprint density at radius 2 is 2.18 bits per heavy atom. The Labute approximate surface area is 105 Å². The molecule has 0 aliphatic rings. The van der Waals surface area contributed by atoms with Crippen LogP contribution in [0.5, 0.6) is 0 Å². The molecule has 2 rings (SSSR count). The molecule has 0 atom stereocenters. The van der Waals surface area contributed by atoms with E-state index < -0.39 is 0 Å². The lowest BCUT2D eigenvalue weighted by Gasteiger charge is -1.94. The van der Waals surface area contributed by atoms with Crippen molar-refractivity contribution in [2.45, 2.75) is 32.6 Å². The molecule has 2 aromatic heterocycles. The van der Waals surface area contributed by atoms with Crippen molar-refractivity contribution in [1.29, 1.82) is 0 Å². The van der Waals surface area contributed by atoms with E-state index in [0.29, 0.717) is 5.82 Å². The Bertz CT molecular complexity index is 464. The number of nitrogens with two attached hydrogens (primary N) is 1. The molecule has 17 heavy (non-hydrogen) atoms. The molecule has 5 heteroatoms. The van der Waals surface area contributed by atoms with Crippen LogP contribution in [0.15, 0.2) is 15.3 Å². The molecule has 0 aliphatic heterocycles. The monoisotopic (exact) mass is 251 g/mol. The van der Waals surface area contributed by atoms with Gasteiger partial charge in [-0.05, 0) is 37.3 Å². The summed E-state index contributed by atoms with van der Waals surface area (Å²) in [5, 5.41) is 8.16. The normalized spacial score (nSPS) is 10.9. The number of thiophene rings is 1. The van der Waals surface area contributed by atoms with Crippen molar-refractivity contribution in [3.05, 3.63) is 22.2 Å². The fourth-order valence-corrected chi connectivity index (χ4v) is 2.48. The van der Waals surface area contributed by atoms with E-state index in [4.69, 9.17) is 10.3 Å². The van der Waals surface area contributed by atoms with Gasteiger partial charge in [0.15, 0.2) is 0 Å². The van der Waals surface area contributed by atoms with Gasteiger partial charge in [-0.2, -0.15) is 16.3 Å². The van der Waals surface area contributed by atoms with Crippen LogP contribution in [0.1, 0.15) is 30.7 Å². The van der Waals surface area contributed by atoms with Crippen molar-refractivity contribution in [3.8, 4) is 11.4 Å². The second-order valence-electron chi connectivity index (χ2n) is 4.08. The summed E-state index contributed by atoms with van der Waals surface area (Å²) in [7, 11) is 0. The molecular weight excluding hydrogens is 234 g/mol. The zero-order valence-electron chi connectivity index (χ0n) is 9.98. The first-order valence-corrected chi connectivity index (χ1v) is 6.81. The average molecular weight is 251 g/mol. The third kappa shape index (κ3) is 3.14. The third-order valence-corrected chi connectivity index (χ3v) is 3.52. The molecule has 2 aromatic rings. The first kappa shape index (κ1) is 12.3. The van der Waals surface area contributed by atoms with Crippen molar-refractivity contribution in [2.75, 3.05) is 6.54 Å². The summed E-state index contributed by atoms with van der Waals surface area (Å²) < 4.78 is 5.24. The van der Waals surface area contributed by atoms with Crippen LogP contribution in [0, 0.1) is 6.92 Å². The van der Waals surface area contributed by atoms with Crippen molar-refractivity contribution >= 4 is 11.3 Å². The van der Waals surface area contributed by atoms with Gasteiger partial charge in [-0.1, -0.05) is 11.6 Å². The molecule has 2 N–H and O–H groups in total. The van der Waals surface area contributed by atoms with E-state index in [0.717, 1.165) is 43.7 Å². The largest absolute Gasteiger partial charge is 0.339 e. The number of hydrogen-bond donors (Lipinski definition) is 1. The number of aromatic nitrogens is 2. The number of hydrogen-bond acceptors (Lipinski definition) is 5. The predicted molar refractivity (Wildman–Crippen MR) is 69.0 cm³/mol. The zero-order valence-corrected chi connectivity index (χ0v) is 10.8. The fourth-order valence-electron chi connectivity index (χ4n) is 1.65. The Hall–Kier alpha value is -1.20. The second-order valence-corrected chi connectivity index (χ2v) is 4.82. The maximum absolute atomic E-state index is 5.44. The van der Waals surface area contributed by atoms with Gasteiger partial charge in [0, 0.05) is 17.4 Å². The van der Waals surface area contributed by atoms with Gasteiger partial charge in [-0.25, -0.2) is 0 Å². The molecule has 4 nitrogen and oxygen atoms in total. The van der Waals surface area contributed by atoms with Crippen LogP contribution in [0.3, 0.4) is 0 Å². The number of aryl methyl sites for hydroxylation is 2. The smallest absolute Gasteiger partial charge is 0.226 e. The Morgan fingerprint density at radius 1 is 1.29 bits per heavy atom. The van der Waals surface area contributed by atoms with E-state index >= 15 is 0 Å². The molecule has 92 valence electrons. The van der Waals surface area contributed by atoms with Gasteiger partial charge in [0.1, 0.15) is 0 Å². The second kappa shape index (κ2) is 5.93. The highest BCUT2D eigenvalue weighted by Gasteiger charge is 2.10. The Balaban J connectivity index is 1.95. The van der Waals surface area contributed by atoms with Crippen LogP contribution in [0.25, 0.3) is 11.4 Å². The average Bonchev–Trinajstić information content (AvgIpc) is 2.93. The molecule has 0 amide bonds. The molecule has 0 unspecified atom stereocenters. The van der Waals surface area contributed by atoms with E-state index in [9.17, 15) is 0 Å². The lowest BCUT2D eigenvalue weighted by atomic mass is 10.2. The van der Waals surface area contributed by atoms with Crippen LogP contribution in [-0.4, -0.2) is 16.7 Å². The summed E-state index contributed by atoms with van der Waals surface area (Å²) >= 11 is 1.66. The standard InChI is InChI=1S/C12H17N3OS/c1-9-7-17-8-10(9)12-14-11(16-15-12)5-3-2-4-6-13/h7-8H,2-6,13H2,1H3. The molecule has 2 heterocycles. The van der Waals surface area contributed by atoms with Crippen molar-refractivity contribution in [2.24, 2.45) is 5.73 Å². The molecule has 0 fully saturated rings. The number of nitrogens with zero attached hydrogens (tertiary/aromatic N) is 2. The Kier molecular flexibility index (Phi) is 4.28. The van der Waals surface area contributed by atoms with Crippen molar-refractivity contribution in [3.63, 3.8) is 0 Å². The predicted octanol–water partition coefficient (Wildman–Crippen LogP) is 2.78. The van der Waals surface area contributed by atoms with Gasteiger partial charge in [-0.3, -0.25) is 0 Å². The molecule has 0 radical (unpaired) electrons. The quantitative estimate of drug-likeness (QED) is 0.802. The van der Waals surface area contributed by atoms with Crippen LogP contribution >= 0.6 is 11.3 Å². The molecule has 0 aromatic carbocycles. The van der Waals surface area contributed by atoms with Crippen LogP contribution in [0.2, 0.25) is 0 Å². The summed E-state index contributed by atoms with van der Waals surface area (Å²) in [4.78, 5) is 4.41. The molecule has 0 saturated heterocycles. The first-order chi connectivity index (χ1) is 8.31. The van der Waals surface area contributed by atoms with Gasteiger partial charge in [0.25, 0.3) is 0 Å². The van der Waals surface area contributed by atoms with Crippen LogP contribution in [0.4, 0.5) is 0 Å². The summed E-state index contributed by atoms with van der Waals surface area (Å²) in [5.74, 6) is 1.43. The minimum Gasteiger partial charge on any atom is -0.339 e. The van der Waals surface area contributed by atoms with E-state index in [-0.39, 0.29) is 0 Å². The topological polar surface area (TPSA) is 64.9 Å². The summed E-state index contributed by atoms with van der Waals surface area (Å²) in [6, 6.07) is 0. The maximum Gasteiger partial charge on any atom is 0.226 e. The van der Waals surface area contributed by atoms with Crippen molar-refractivity contribution < 1.29 is 4.52 Å². The van der Waals surface area contributed by atoms with Crippen LogP contribution in [-0.2, 0) is 6.42 Å². The minimum atomic E-state index is 0.706. The highest BCUT2D eigenvalue weighted by Crippen LogP contribution is 2.24. The lowest BCUT2D eigenvalue weighted by molar-refractivity contribution is 0.374. The van der Waals surface area contributed by atoms with Gasteiger partial charge in [-0.15, -0.1) is 0 Å². The van der Waals surface area contributed by atoms with Gasteiger partial charge in [0.2, 0.25) is 11.7 Å². The van der Waals surface area contributed by atoms with Gasteiger partial charge < -0.3 is 10.3 Å². The van der Waals surface area contributed by atoms with Crippen LogP contribution < -0.4 is 5.73 Å².